The number of esters is 1. The molecule has 3 nitrogen and oxygen atoms in total. The number of fused-ring (bicyclic) bond motifs is 1. The van der Waals surface area contributed by atoms with E-state index in [-0.39, 0.29) is 10.8 Å². The van der Waals surface area contributed by atoms with Crippen LogP contribution in [-0.4, -0.2) is 17.6 Å². The van der Waals surface area contributed by atoms with Crippen molar-refractivity contribution in [2.24, 2.45) is 10.8 Å². The minimum Gasteiger partial charge on any atom is -0.461 e. The number of carbonyl (C=O) groups excluding carboxylic acids is 1. The number of carbonyl (C=O) groups is 1. The van der Waals surface area contributed by atoms with Crippen LogP contribution in [-0.2, 0) is 4.74 Å². The molecular weight excluding hydrogens is 346 g/mol. The molecule has 28 heavy (non-hydrogen) atoms. The van der Waals surface area contributed by atoms with Crippen LogP contribution in [0.3, 0.4) is 0 Å². The molecule has 0 N–H and O–H groups in total. The Morgan fingerprint density at radius 2 is 1.79 bits per heavy atom. The lowest BCUT2D eigenvalue weighted by Gasteiger charge is -2.40. The Bertz CT molecular complexity index is 1020. The molecule has 0 amide bonds. The summed E-state index contributed by atoms with van der Waals surface area (Å²) >= 11 is 0. The minimum absolute atomic E-state index is 0.102. The van der Waals surface area contributed by atoms with Gasteiger partial charge >= 0.3 is 5.97 Å². The van der Waals surface area contributed by atoms with Gasteiger partial charge in [0.25, 0.3) is 0 Å². The molecule has 0 radical (unpaired) electrons. The van der Waals surface area contributed by atoms with E-state index in [1.54, 1.807) is 19.2 Å². The van der Waals surface area contributed by atoms with Crippen molar-refractivity contribution < 1.29 is 9.53 Å². The summed E-state index contributed by atoms with van der Waals surface area (Å²) in [5, 5.41) is 1.92. The summed E-state index contributed by atoms with van der Waals surface area (Å²) in [7, 11) is 0. The molecule has 0 unspecified atom stereocenters. The van der Waals surface area contributed by atoms with Crippen molar-refractivity contribution in [2.45, 2.75) is 54.4 Å². The maximum absolute atomic E-state index is 12.0. The van der Waals surface area contributed by atoms with Gasteiger partial charge in [-0.25, -0.2) is 9.78 Å². The second kappa shape index (κ2) is 7.43. The number of pyridine rings is 1. The topological polar surface area (TPSA) is 39.2 Å². The Hall–Kier alpha value is -2.60. The Morgan fingerprint density at radius 3 is 2.50 bits per heavy atom. The summed E-state index contributed by atoms with van der Waals surface area (Å²) < 4.78 is 5.05. The van der Waals surface area contributed by atoms with Crippen LogP contribution in [0, 0.1) is 22.7 Å². The van der Waals surface area contributed by atoms with Gasteiger partial charge in [-0.2, -0.15) is 0 Å². The molecule has 0 spiro atoms. The SMILES string of the molecule is CCOC(=O)c1cc2cc(C#CC3=C(C)C(C)(C)CCC3(C)C)ccc2cn1. The van der Waals surface area contributed by atoms with E-state index in [2.05, 4.69) is 51.4 Å². The molecule has 146 valence electrons. The molecule has 1 aliphatic carbocycles. The van der Waals surface area contributed by atoms with Crippen molar-refractivity contribution >= 4 is 16.7 Å². The van der Waals surface area contributed by atoms with Gasteiger partial charge in [0.05, 0.1) is 6.61 Å². The van der Waals surface area contributed by atoms with Gasteiger partial charge in [-0.15, -0.1) is 0 Å². The van der Waals surface area contributed by atoms with E-state index >= 15 is 0 Å². The molecule has 3 rings (SSSR count). The highest BCUT2D eigenvalue weighted by Crippen LogP contribution is 2.48. The highest BCUT2D eigenvalue weighted by atomic mass is 16.5. The molecule has 1 aromatic heterocycles. The normalized spacial score (nSPS) is 17.8. The molecule has 0 atom stereocenters. The fourth-order valence-corrected chi connectivity index (χ4v) is 3.72. The van der Waals surface area contributed by atoms with Crippen LogP contribution in [0.1, 0.15) is 70.4 Å². The lowest BCUT2D eigenvalue weighted by molar-refractivity contribution is 0.0519. The monoisotopic (exact) mass is 375 g/mol. The number of hydrogen-bond donors (Lipinski definition) is 0. The first-order chi connectivity index (χ1) is 13.1. The first-order valence-corrected chi connectivity index (χ1v) is 9.95. The van der Waals surface area contributed by atoms with E-state index in [1.165, 1.54) is 17.6 Å². The molecule has 2 aromatic rings. The third-order valence-electron chi connectivity index (χ3n) is 5.98. The second-order valence-electron chi connectivity index (χ2n) is 8.87. The number of allylic oxidation sites excluding steroid dienone is 2. The molecule has 1 aromatic carbocycles. The van der Waals surface area contributed by atoms with Crippen molar-refractivity contribution in [1.29, 1.82) is 0 Å². The summed E-state index contributed by atoms with van der Waals surface area (Å²) in [5.74, 6) is 6.44. The molecule has 0 bridgehead atoms. The van der Waals surface area contributed by atoms with E-state index in [1.807, 2.05) is 18.2 Å². The van der Waals surface area contributed by atoms with E-state index in [0.717, 1.165) is 22.8 Å². The lowest BCUT2D eigenvalue weighted by atomic mass is 9.63. The van der Waals surface area contributed by atoms with Crippen molar-refractivity contribution in [3.05, 3.63) is 52.9 Å². The second-order valence-corrected chi connectivity index (χ2v) is 8.87. The van der Waals surface area contributed by atoms with Gasteiger partial charge in [-0.1, -0.05) is 51.2 Å². The first kappa shape index (κ1) is 20.1. The van der Waals surface area contributed by atoms with Gasteiger partial charge in [0.1, 0.15) is 5.69 Å². The molecular formula is C25H29NO2. The van der Waals surface area contributed by atoms with Crippen LogP contribution in [0.4, 0.5) is 0 Å². The molecule has 0 fully saturated rings. The fourth-order valence-electron chi connectivity index (χ4n) is 3.72. The van der Waals surface area contributed by atoms with E-state index in [4.69, 9.17) is 4.74 Å². The van der Waals surface area contributed by atoms with Crippen molar-refractivity contribution in [1.82, 2.24) is 4.98 Å². The molecule has 1 aliphatic rings. The number of rotatable bonds is 2. The van der Waals surface area contributed by atoms with E-state index in [0.29, 0.717) is 12.3 Å². The Kier molecular flexibility index (Phi) is 5.35. The van der Waals surface area contributed by atoms with Crippen LogP contribution < -0.4 is 0 Å². The van der Waals surface area contributed by atoms with Gasteiger partial charge in [0.15, 0.2) is 0 Å². The zero-order chi connectivity index (χ0) is 20.5. The van der Waals surface area contributed by atoms with Crippen LogP contribution >= 0.6 is 0 Å². The lowest BCUT2D eigenvalue weighted by Crippen LogP contribution is -2.29. The summed E-state index contributed by atoms with van der Waals surface area (Å²) in [6.07, 6.45) is 4.04. The van der Waals surface area contributed by atoms with E-state index in [9.17, 15) is 4.79 Å². The van der Waals surface area contributed by atoms with Crippen molar-refractivity contribution in [2.75, 3.05) is 6.61 Å². The zero-order valence-corrected chi connectivity index (χ0v) is 17.8. The molecule has 1 heterocycles. The number of ether oxygens (including phenoxy) is 1. The van der Waals surface area contributed by atoms with E-state index < -0.39 is 5.97 Å². The maximum Gasteiger partial charge on any atom is 0.356 e. The molecule has 0 aliphatic heterocycles. The zero-order valence-electron chi connectivity index (χ0n) is 17.8. The number of hydrogen-bond acceptors (Lipinski definition) is 3. The Balaban J connectivity index is 2.00. The third kappa shape index (κ3) is 3.97. The van der Waals surface area contributed by atoms with Gasteiger partial charge in [0.2, 0.25) is 0 Å². The van der Waals surface area contributed by atoms with Crippen LogP contribution in [0.5, 0.6) is 0 Å². The summed E-state index contributed by atoms with van der Waals surface area (Å²) in [4.78, 5) is 16.2. The summed E-state index contributed by atoms with van der Waals surface area (Å²) in [6.45, 7) is 13.5. The average molecular weight is 376 g/mol. The van der Waals surface area contributed by atoms with Crippen molar-refractivity contribution in [3.63, 3.8) is 0 Å². The van der Waals surface area contributed by atoms with Crippen LogP contribution in [0.25, 0.3) is 10.8 Å². The summed E-state index contributed by atoms with van der Waals surface area (Å²) in [6, 6.07) is 7.80. The molecule has 3 heteroatoms. The number of benzene rings is 1. The van der Waals surface area contributed by atoms with Gasteiger partial charge in [-0.3, -0.25) is 0 Å². The molecule has 0 saturated heterocycles. The molecule has 0 saturated carbocycles. The highest BCUT2D eigenvalue weighted by Gasteiger charge is 2.36. The predicted octanol–water partition coefficient (Wildman–Crippen LogP) is 5.93. The maximum atomic E-state index is 12.0. The third-order valence-corrected chi connectivity index (χ3v) is 5.98. The summed E-state index contributed by atoms with van der Waals surface area (Å²) in [5.41, 5.74) is 4.21. The quantitative estimate of drug-likeness (QED) is 0.483. The Morgan fingerprint density at radius 1 is 1.07 bits per heavy atom. The van der Waals surface area contributed by atoms with Crippen LogP contribution in [0.15, 0.2) is 41.6 Å². The first-order valence-electron chi connectivity index (χ1n) is 9.95. The minimum atomic E-state index is -0.396. The number of nitrogens with zero attached hydrogens (tertiary/aromatic N) is 1. The van der Waals surface area contributed by atoms with Gasteiger partial charge in [-0.05, 0) is 61.1 Å². The average Bonchev–Trinajstić information content (AvgIpc) is 2.65. The fraction of sp³-hybridized carbons (Fsp3) is 0.440. The standard InChI is InChI=1S/C25H29NO2/c1-7-28-23(27)22-15-20-14-18(8-10-19(20)16-26-22)9-11-21-17(2)24(3,4)12-13-25(21,5)6/h8,10,14-16H,7,12-13H2,1-6H3. The predicted molar refractivity (Wildman–Crippen MR) is 114 cm³/mol. The Labute approximate surface area is 168 Å². The van der Waals surface area contributed by atoms with Crippen LogP contribution in [0.2, 0.25) is 0 Å². The van der Waals surface area contributed by atoms with Gasteiger partial charge < -0.3 is 4.74 Å². The smallest absolute Gasteiger partial charge is 0.356 e. The number of aromatic nitrogens is 1. The highest BCUT2D eigenvalue weighted by molar-refractivity contribution is 5.93. The van der Waals surface area contributed by atoms with Crippen molar-refractivity contribution in [3.8, 4) is 11.8 Å². The largest absolute Gasteiger partial charge is 0.461 e. The van der Waals surface area contributed by atoms with Gasteiger partial charge in [0, 0.05) is 22.7 Å².